The standard InChI is InChI=1S/C12H16O2S/c1-3-8-4-5-10-9(6-8)7-11(15-10)12(13)14-2/h7-8H,3-6H2,1-2H3/t8-/m0/s1. The van der Waals surface area contributed by atoms with Gasteiger partial charge in [-0.3, -0.25) is 0 Å². The molecule has 1 aromatic heterocycles. The molecule has 82 valence electrons. The Kier molecular flexibility index (Phi) is 3.10. The van der Waals surface area contributed by atoms with Crippen molar-refractivity contribution in [3.8, 4) is 0 Å². The first-order valence-corrected chi connectivity index (χ1v) is 6.26. The van der Waals surface area contributed by atoms with Crippen LogP contribution in [0.15, 0.2) is 6.07 Å². The van der Waals surface area contributed by atoms with Crippen LogP contribution in [0.2, 0.25) is 0 Å². The molecule has 1 aliphatic rings. The van der Waals surface area contributed by atoms with Crippen LogP contribution in [-0.4, -0.2) is 13.1 Å². The number of aryl methyl sites for hydroxylation is 1. The molecule has 0 aliphatic heterocycles. The fraction of sp³-hybridized carbons (Fsp3) is 0.583. The molecule has 0 aromatic carbocycles. The van der Waals surface area contributed by atoms with Crippen molar-refractivity contribution < 1.29 is 9.53 Å². The molecule has 0 fully saturated rings. The summed E-state index contributed by atoms with van der Waals surface area (Å²) < 4.78 is 4.74. The Morgan fingerprint density at radius 1 is 1.67 bits per heavy atom. The molecule has 0 saturated heterocycles. The van der Waals surface area contributed by atoms with Gasteiger partial charge in [0.2, 0.25) is 0 Å². The van der Waals surface area contributed by atoms with Crippen molar-refractivity contribution >= 4 is 17.3 Å². The number of carbonyl (C=O) groups excluding carboxylic acids is 1. The Labute approximate surface area is 94.3 Å². The van der Waals surface area contributed by atoms with Crippen LogP contribution < -0.4 is 0 Å². The topological polar surface area (TPSA) is 26.3 Å². The van der Waals surface area contributed by atoms with Gasteiger partial charge in [0.1, 0.15) is 4.88 Å². The van der Waals surface area contributed by atoms with Gasteiger partial charge in [0, 0.05) is 4.88 Å². The highest BCUT2D eigenvalue weighted by Crippen LogP contribution is 2.33. The third kappa shape index (κ3) is 2.07. The van der Waals surface area contributed by atoms with Gasteiger partial charge in [-0.1, -0.05) is 13.3 Å². The van der Waals surface area contributed by atoms with Crippen LogP contribution in [0.25, 0.3) is 0 Å². The van der Waals surface area contributed by atoms with Crippen LogP contribution in [0.4, 0.5) is 0 Å². The average molecular weight is 224 g/mol. The van der Waals surface area contributed by atoms with E-state index >= 15 is 0 Å². The lowest BCUT2D eigenvalue weighted by Gasteiger charge is -2.19. The summed E-state index contributed by atoms with van der Waals surface area (Å²) in [6, 6.07) is 2.02. The summed E-state index contributed by atoms with van der Waals surface area (Å²) in [5.74, 6) is 0.611. The normalized spacial score (nSPS) is 19.7. The number of hydrogen-bond donors (Lipinski definition) is 0. The number of rotatable bonds is 2. The first kappa shape index (κ1) is 10.7. The van der Waals surface area contributed by atoms with Gasteiger partial charge in [0.25, 0.3) is 0 Å². The molecule has 0 amide bonds. The van der Waals surface area contributed by atoms with Gasteiger partial charge in [0.15, 0.2) is 0 Å². The molecule has 0 spiro atoms. The first-order valence-electron chi connectivity index (χ1n) is 5.44. The second kappa shape index (κ2) is 4.35. The first-order chi connectivity index (χ1) is 7.24. The van der Waals surface area contributed by atoms with Gasteiger partial charge in [-0.05, 0) is 36.8 Å². The Morgan fingerprint density at radius 3 is 3.13 bits per heavy atom. The molecule has 0 saturated carbocycles. The summed E-state index contributed by atoms with van der Waals surface area (Å²) in [6.07, 6.45) is 4.78. The summed E-state index contributed by atoms with van der Waals surface area (Å²) in [4.78, 5) is 13.5. The Hall–Kier alpha value is -0.830. The summed E-state index contributed by atoms with van der Waals surface area (Å²) in [7, 11) is 1.44. The Morgan fingerprint density at radius 2 is 2.47 bits per heavy atom. The van der Waals surface area contributed by atoms with Crippen LogP contribution in [0, 0.1) is 5.92 Å². The van der Waals surface area contributed by atoms with Crippen molar-refractivity contribution in [3.63, 3.8) is 0 Å². The number of esters is 1. The van der Waals surface area contributed by atoms with Crippen molar-refractivity contribution in [2.24, 2.45) is 5.92 Å². The van der Waals surface area contributed by atoms with E-state index in [1.165, 1.54) is 30.4 Å². The van der Waals surface area contributed by atoms with Crippen molar-refractivity contribution in [1.82, 2.24) is 0 Å². The zero-order valence-electron chi connectivity index (χ0n) is 9.21. The Bertz CT molecular complexity index is 368. The number of fused-ring (bicyclic) bond motifs is 1. The van der Waals surface area contributed by atoms with E-state index < -0.39 is 0 Å². The molecule has 0 unspecified atom stereocenters. The second-order valence-corrected chi connectivity index (χ2v) is 5.20. The van der Waals surface area contributed by atoms with Gasteiger partial charge in [0.05, 0.1) is 7.11 Å². The van der Waals surface area contributed by atoms with Crippen LogP contribution in [0.1, 0.15) is 39.9 Å². The summed E-state index contributed by atoms with van der Waals surface area (Å²) in [5, 5.41) is 0. The maximum atomic E-state index is 11.4. The lowest BCUT2D eigenvalue weighted by Crippen LogP contribution is -2.10. The number of hydrogen-bond acceptors (Lipinski definition) is 3. The van der Waals surface area contributed by atoms with E-state index in [9.17, 15) is 4.79 Å². The molecule has 1 heterocycles. The van der Waals surface area contributed by atoms with E-state index in [4.69, 9.17) is 4.74 Å². The largest absolute Gasteiger partial charge is 0.465 e. The van der Waals surface area contributed by atoms with Gasteiger partial charge in [-0.15, -0.1) is 11.3 Å². The highest BCUT2D eigenvalue weighted by Gasteiger charge is 2.22. The molecular weight excluding hydrogens is 208 g/mol. The number of ether oxygens (including phenoxy) is 1. The summed E-state index contributed by atoms with van der Waals surface area (Å²) in [5.41, 5.74) is 1.37. The summed E-state index contributed by atoms with van der Waals surface area (Å²) in [6.45, 7) is 2.24. The van der Waals surface area contributed by atoms with Crippen LogP contribution >= 0.6 is 11.3 Å². The molecule has 15 heavy (non-hydrogen) atoms. The second-order valence-electron chi connectivity index (χ2n) is 4.07. The zero-order valence-corrected chi connectivity index (χ0v) is 10.0. The smallest absolute Gasteiger partial charge is 0.348 e. The van der Waals surface area contributed by atoms with Gasteiger partial charge in [-0.2, -0.15) is 0 Å². The SMILES string of the molecule is CC[C@H]1CCc2sc(C(=O)OC)cc2C1. The molecule has 0 N–H and O–H groups in total. The molecule has 1 aromatic rings. The van der Waals surface area contributed by atoms with Crippen molar-refractivity contribution in [1.29, 1.82) is 0 Å². The molecular formula is C12H16O2S. The molecule has 2 nitrogen and oxygen atoms in total. The molecule has 1 aliphatic carbocycles. The lowest BCUT2D eigenvalue weighted by molar-refractivity contribution is 0.0606. The van der Waals surface area contributed by atoms with E-state index in [2.05, 4.69) is 6.92 Å². The van der Waals surface area contributed by atoms with E-state index in [0.29, 0.717) is 0 Å². The molecule has 3 heteroatoms. The fourth-order valence-corrected chi connectivity index (χ4v) is 3.28. The van der Waals surface area contributed by atoms with Crippen LogP contribution in [-0.2, 0) is 17.6 Å². The maximum absolute atomic E-state index is 11.4. The predicted octanol–water partition coefficient (Wildman–Crippen LogP) is 3.05. The molecule has 0 radical (unpaired) electrons. The number of thiophene rings is 1. The highest BCUT2D eigenvalue weighted by molar-refractivity contribution is 7.14. The maximum Gasteiger partial charge on any atom is 0.348 e. The van der Waals surface area contributed by atoms with E-state index in [1.54, 1.807) is 11.3 Å². The van der Waals surface area contributed by atoms with Crippen molar-refractivity contribution in [3.05, 3.63) is 21.4 Å². The van der Waals surface area contributed by atoms with Gasteiger partial charge in [-0.25, -0.2) is 4.79 Å². The Balaban J connectivity index is 2.21. The van der Waals surface area contributed by atoms with Crippen molar-refractivity contribution in [2.75, 3.05) is 7.11 Å². The molecule has 2 rings (SSSR count). The zero-order chi connectivity index (χ0) is 10.8. The van der Waals surface area contributed by atoms with Crippen LogP contribution in [0.5, 0.6) is 0 Å². The van der Waals surface area contributed by atoms with Gasteiger partial charge < -0.3 is 4.74 Å². The quantitative estimate of drug-likeness (QED) is 0.722. The van der Waals surface area contributed by atoms with E-state index in [-0.39, 0.29) is 5.97 Å². The molecule has 0 bridgehead atoms. The third-order valence-corrected chi connectivity index (χ3v) is 4.37. The number of methoxy groups -OCH3 is 1. The third-order valence-electron chi connectivity index (χ3n) is 3.15. The van der Waals surface area contributed by atoms with E-state index in [0.717, 1.165) is 23.6 Å². The average Bonchev–Trinajstić information content (AvgIpc) is 2.70. The van der Waals surface area contributed by atoms with Crippen LogP contribution in [0.3, 0.4) is 0 Å². The lowest BCUT2D eigenvalue weighted by atomic mass is 9.87. The highest BCUT2D eigenvalue weighted by atomic mass is 32.1. The van der Waals surface area contributed by atoms with Gasteiger partial charge >= 0.3 is 5.97 Å². The fourth-order valence-electron chi connectivity index (χ4n) is 2.15. The van der Waals surface area contributed by atoms with Crippen molar-refractivity contribution in [2.45, 2.75) is 32.6 Å². The minimum absolute atomic E-state index is 0.192. The number of carbonyl (C=O) groups is 1. The van der Waals surface area contributed by atoms with E-state index in [1.807, 2.05) is 6.07 Å². The monoisotopic (exact) mass is 224 g/mol. The summed E-state index contributed by atoms with van der Waals surface area (Å²) >= 11 is 1.61. The molecule has 1 atom stereocenters. The minimum atomic E-state index is -0.192. The minimum Gasteiger partial charge on any atom is -0.465 e. The predicted molar refractivity (Wildman–Crippen MR) is 61.5 cm³/mol.